The number of hydrogen-bond donors (Lipinski definition) is 1. The third-order valence-corrected chi connectivity index (χ3v) is 4.82. The highest BCUT2D eigenvalue weighted by molar-refractivity contribution is 6.06. The Bertz CT molecular complexity index is 928. The molecule has 1 N–H and O–H groups in total. The van der Waals surface area contributed by atoms with Crippen LogP contribution in [-0.2, 0) is 4.74 Å². The monoisotopic (exact) mass is 350 g/mol. The average molecular weight is 350 g/mol. The SMILES string of the molecule is CCOC(=O)c1ccccc1-c1c[nH]c2ncnc(N3CCCCC3)c12. The fourth-order valence-electron chi connectivity index (χ4n) is 3.61. The first-order chi connectivity index (χ1) is 12.8. The lowest BCUT2D eigenvalue weighted by molar-refractivity contribution is 0.0527. The van der Waals surface area contributed by atoms with Gasteiger partial charge in [-0.15, -0.1) is 0 Å². The smallest absolute Gasteiger partial charge is 0.338 e. The zero-order valence-corrected chi connectivity index (χ0v) is 14.9. The van der Waals surface area contributed by atoms with Gasteiger partial charge < -0.3 is 14.6 Å². The van der Waals surface area contributed by atoms with Gasteiger partial charge in [0.2, 0.25) is 0 Å². The molecule has 134 valence electrons. The zero-order chi connectivity index (χ0) is 17.9. The van der Waals surface area contributed by atoms with Crippen molar-refractivity contribution in [2.75, 3.05) is 24.6 Å². The van der Waals surface area contributed by atoms with E-state index in [0.717, 1.165) is 41.1 Å². The van der Waals surface area contributed by atoms with Gasteiger partial charge in [0.1, 0.15) is 17.8 Å². The third-order valence-electron chi connectivity index (χ3n) is 4.82. The number of piperidine rings is 1. The molecule has 0 unspecified atom stereocenters. The Hall–Kier alpha value is -2.89. The van der Waals surface area contributed by atoms with E-state index in [2.05, 4.69) is 19.9 Å². The summed E-state index contributed by atoms with van der Waals surface area (Å²) in [5.41, 5.74) is 3.12. The van der Waals surface area contributed by atoms with Crippen LogP contribution in [0.3, 0.4) is 0 Å². The van der Waals surface area contributed by atoms with Crippen LogP contribution in [0.2, 0.25) is 0 Å². The molecule has 0 amide bonds. The van der Waals surface area contributed by atoms with E-state index in [4.69, 9.17) is 4.74 Å². The van der Waals surface area contributed by atoms with Crippen molar-refractivity contribution in [3.63, 3.8) is 0 Å². The Labute approximate surface area is 152 Å². The minimum atomic E-state index is -0.311. The molecule has 1 saturated heterocycles. The lowest BCUT2D eigenvalue weighted by atomic mass is 9.99. The molecule has 3 heterocycles. The zero-order valence-electron chi connectivity index (χ0n) is 14.9. The predicted molar refractivity (Wildman–Crippen MR) is 101 cm³/mol. The number of nitrogens with one attached hydrogen (secondary N) is 1. The molecule has 0 radical (unpaired) electrons. The summed E-state index contributed by atoms with van der Waals surface area (Å²) in [6, 6.07) is 7.53. The van der Waals surface area contributed by atoms with E-state index in [0.29, 0.717) is 12.2 Å². The molecule has 1 aliphatic rings. The van der Waals surface area contributed by atoms with Gasteiger partial charge in [-0.1, -0.05) is 18.2 Å². The molecule has 1 aromatic carbocycles. The number of anilines is 1. The lowest BCUT2D eigenvalue weighted by Gasteiger charge is -2.28. The van der Waals surface area contributed by atoms with E-state index in [1.165, 1.54) is 19.3 Å². The van der Waals surface area contributed by atoms with Gasteiger partial charge in [0.15, 0.2) is 0 Å². The molecule has 0 spiro atoms. The molecular weight excluding hydrogens is 328 g/mol. The minimum absolute atomic E-state index is 0.311. The normalized spacial score (nSPS) is 14.6. The van der Waals surface area contributed by atoms with Gasteiger partial charge >= 0.3 is 5.97 Å². The van der Waals surface area contributed by atoms with E-state index in [-0.39, 0.29) is 5.97 Å². The van der Waals surface area contributed by atoms with E-state index in [9.17, 15) is 4.79 Å². The highest BCUT2D eigenvalue weighted by atomic mass is 16.5. The van der Waals surface area contributed by atoms with Gasteiger partial charge in [0, 0.05) is 24.8 Å². The van der Waals surface area contributed by atoms with Crippen molar-refractivity contribution >= 4 is 22.8 Å². The summed E-state index contributed by atoms with van der Waals surface area (Å²) in [6.45, 7) is 4.16. The van der Waals surface area contributed by atoms with Crippen LogP contribution in [-0.4, -0.2) is 40.6 Å². The first-order valence-electron chi connectivity index (χ1n) is 9.13. The largest absolute Gasteiger partial charge is 0.462 e. The van der Waals surface area contributed by atoms with Gasteiger partial charge in [-0.25, -0.2) is 14.8 Å². The van der Waals surface area contributed by atoms with Crippen LogP contribution in [0.1, 0.15) is 36.5 Å². The summed E-state index contributed by atoms with van der Waals surface area (Å²) in [4.78, 5) is 26.9. The number of carbonyl (C=O) groups excluding carboxylic acids is 1. The molecule has 26 heavy (non-hydrogen) atoms. The second kappa shape index (κ2) is 7.15. The maximum atomic E-state index is 12.4. The molecule has 1 aliphatic heterocycles. The Morgan fingerprint density at radius 3 is 2.77 bits per heavy atom. The van der Waals surface area contributed by atoms with E-state index in [1.54, 1.807) is 12.4 Å². The summed E-state index contributed by atoms with van der Waals surface area (Å²) in [5, 5.41) is 0.964. The Morgan fingerprint density at radius 2 is 1.96 bits per heavy atom. The molecule has 6 heteroatoms. The molecule has 6 nitrogen and oxygen atoms in total. The number of nitrogens with zero attached hydrogens (tertiary/aromatic N) is 3. The number of ether oxygens (including phenoxy) is 1. The Morgan fingerprint density at radius 1 is 1.15 bits per heavy atom. The molecule has 0 bridgehead atoms. The quantitative estimate of drug-likeness (QED) is 0.725. The number of benzene rings is 1. The molecule has 0 atom stereocenters. The van der Waals surface area contributed by atoms with Crippen molar-refractivity contribution in [2.45, 2.75) is 26.2 Å². The number of esters is 1. The van der Waals surface area contributed by atoms with E-state index < -0.39 is 0 Å². The van der Waals surface area contributed by atoms with Gasteiger partial charge in [-0.3, -0.25) is 0 Å². The van der Waals surface area contributed by atoms with Crippen molar-refractivity contribution in [3.05, 3.63) is 42.4 Å². The number of hydrogen-bond acceptors (Lipinski definition) is 5. The van der Waals surface area contributed by atoms with Crippen LogP contribution in [0.15, 0.2) is 36.8 Å². The molecule has 0 aliphatic carbocycles. The van der Waals surface area contributed by atoms with Crippen LogP contribution in [0.25, 0.3) is 22.2 Å². The average Bonchev–Trinajstić information content (AvgIpc) is 3.13. The van der Waals surface area contributed by atoms with Crippen molar-refractivity contribution in [1.29, 1.82) is 0 Å². The fraction of sp³-hybridized carbons (Fsp3) is 0.350. The molecule has 1 fully saturated rings. The standard InChI is InChI=1S/C20H22N4O2/c1-2-26-20(25)15-9-5-4-8-14(15)16-12-21-18-17(16)19(23-13-22-18)24-10-6-3-7-11-24/h4-5,8-9,12-13H,2-3,6-7,10-11H2,1H3,(H,21,22,23). The first-order valence-corrected chi connectivity index (χ1v) is 9.13. The lowest BCUT2D eigenvalue weighted by Crippen LogP contribution is -2.30. The van der Waals surface area contributed by atoms with Gasteiger partial charge in [0.25, 0.3) is 0 Å². The Balaban J connectivity index is 1.87. The van der Waals surface area contributed by atoms with Gasteiger partial charge in [-0.05, 0) is 37.8 Å². The van der Waals surface area contributed by atoms with Crippen LogP contribution < -0.4 is 4.90 Å². The van der Waals surface area contributed by atoms with Crippen molar-refractivity contribution in [1.82, 2.24) is 15.0 Å². The molecule has 2 aromatic heterocycles. The number of carbonyl (C=O) groups is 1. The summed E-state index contributed by atoms with van der Waals surface area (Å²) in [7, 11) is 0. The predicted octanol–water partition coefficient (Wildman–Crippen LogP) is 3.79. The Kier molecular flexibility index (Phi) is 4.56. The number of aromatic amines is 1. The highest BCUT2D eigenvalue weighted by Crippen LogP contribution is 2.36. The van der Waals surface area contributed by atoms with E-state index in [1.807, 2.05) is 31.3 Å². The highest BCUT2D eigenvalue weighted by Gasteiger charge is 2.22. The minimum Gasteiger partial charge on any atom is -0.462 e. The summed E-state index contributed by atoms with van der Waals surface area (Å²) < 4.78 is 5.23. The molecule has 0 saturated carbocycles. The second-order valence-electron chi connectivity index (χ2n) is 6.44. The van der Waals surface area contributed by atoms with E-state index >= 15 is 0 Å². The van der Waals surface area contributed by atoms with Crippen LogP contribution in [0, 0.1) is 0 Å². The number of H-pyrrole nitrogens is 1. The maximum Gasteiger partial charge on any atom is 0.338 e. The summed E-state index contributed by atoms with van der Waals surface area (Å²) >= 11 is 0. The third kappa shape index (κ3) is 2.92. The number of rotatable bonds is 4. The molecular formula is C20H22N4O2. The topological polar surface area (TPSA) is 71.1 Å². The molecule has 3 aromatic rings. The van der Waals surface area contributed by atoms with Gasteiger partial charge in [0.05, 0.1) is 17.6 Å². The van der Waals surface area contributed by atoms with Crippen molar-refractivity contribution in [3.8, 4) is 11.1 Å². The van der Waals surface area contributed by atoms with Crippen LogP contribution in [0.5, 0.6) is 0 Å². The van der Waals surface area contributed by atoms with Crippen LogP contribution in [0.4, 0.5) is 5.82 Å². The fourth-order valence-corrected chi connectivity index (χ4v) is 3.61. The summed E-state index contributed by atoms with van der Waals surface area (Å²) in [5.74, 6) is 0.624. The number of fused-ring (bicyclic) bond motifs is 1. The second-order valence-corrected chi connectivity index (χ2v) is 6.44. The van der Waals surface area contributed by atoms with Crippen LogP contribution >= 0.6 is 0 Å². The van der Waals surface area contributed by atoms with Crippen molar-refractivity contribution in [2.24, 2.45) is 0 Å². The van der Waals surface area contributed by atoms with Gasteiger partial charge in [-0.2, -0.15) is 0 Å². The molecule has 4 rings (SSSR count). The maximum absolute atomic E-state index is 12.4. The summed E-state index contributed by atoms with van der Waals surface area (Å²) in [6.07, 6.45) is 7.11. The number of aromatic nitrogens is 3. The van der Waals surface area contributed by atoms with Crippen molar-refractivity contribution < 1.29 is 9.53 Å². The first kappa shape index (κ1) is 16.6.